The summed E-state index contributed by atoms with van der Waals surface area (Å²) >= 11 is 0. The molecule has 0 aliphatic carbocycles. The highest BCUT2D eigenvalue weighted by molar-refractivity contribution is 5.85. The third kappa shape index (κ3) is 3.47. The first kappa shape index (κ1) is 13.9. The van der Waals surface area contributed by atoms with Crippen molar-refractivity contribution >= 4 is 11.7 Å². The molecule has 0 atom stereocenters. The highest BCUT2D eigenvalue weighted by Gasteiger charge is 2.06. The van der Waals surface area contributed by atoms with E-state index in [0.717, 1.165) is 11.4 Å². The minimum atomic E-state index is -1.04. The summed E-state index contributed by atoms with van der Waals surface area (Å²) in [5.41, 5.74) is 1.64. The number of pyridine rings is 1. The van der Waals surface area contributed by atoms with Crippen molar-refractivity contribution in [3.63, 3.8) is 0 Å². The largest absolute Gasteiger partial charge is 0.487 e. The van der Waals surface area contributed by atoms with Crippen LogP contribution in [0, 0.1) is 0 Å². The van der Waals surface area contributed by atoms with Crippen molar-refractivity contribution in [3.8, 4) is 5.75 Å². The highest BCUT2D eigenvalue weighted by atomic mass is 16.5. The number of hydrogen-bond donors (Lipinski definition) is 1. The number of anilines is 1. The average Bonchev–Trinajstić information content (AvgIpc) is 2.45. The smallest absolute Gasteiger partial charge is 0.354 e. The summed E-state index contributed by atoms with van der Waals surface area (Å²) in [5.74, 6) is -0.319. The number of carboxylic acids is 1. The lowest BCUT2D eigenvalue weighted by atomic mass is 10.3. The Morgan fingerprint density at radius 3 is 2.70 bits per heavy atom. The van der Waals surface area contributed by atoms with Crippen molar-refractivity contribution in [2.75, 3.05) is 19.0 Å². The molecule has 1 aromatic carbocycles. The second kappa shape index (κ2) is 6.06. The molecule has 2 aromatic rings. The molecular formula is C15H16N2O3. The van der Waals surface area contributed by atoms with Crippen LogP contribution in [0.5, 0.6) is 5.75 Å². The molecule has 0 amide bonds. The molecule has 20 heavy (non-hydrogen) atoms. The molecule has 1 N–H and O–H groups in total. The zero-order valence-electron chi connectivity index (χ0n) is 11.4. The number of carboxylic acid groups (broad SMARTS) is 1. The predicted octanol–water partition coefficient (Wildman–Crippen LogP) is 2.42. The zero-order chi connectivity index (χ0) is 14.5. The van der Waals surface area contributed by atoms with Gasteiger partial charge < -0.3 is 14.7 Å². The van der Waals surface area contributed by atoms with Crippen LogP contribution < -0.4 is 9.64 Å². The number of benzene rings is 1. The summed E-state index contributed by atoms with van der Waals surface area (Å²) in [6, 6.07) is 12.5. The Kier molecular flexibility index (Phi) is 4.20. The Morgan fingerprint density at radius 1 is 1.25 bits per heavy atom. The van der Waals surface area contributed by atoms with Crippen LogP contribution in [0.4, 0.5) is 5.69 Å². The quantitative estimate of drug-likeness (QED) is 0.905. The Balaban J connectivity index is 2.07. The van der Waals surface area contributed by atoms with E-state index in [1.165, 1.54) is 6.07 Å². The van der Waals surface area contributed by atoms with Crippen molar-refractivity contribution in [2.24, 2.45) is 0 Å². The van der Waals surface area contributed by atoms with E-state index >= 15 is 0 Å². The number of ether oxygens (including phenoxy) is 1. The monoisotopic (exact) mass is 272 g/mol. The molecule has 2 rings (SSSR count). The molecule has 0 aliphatic rings. The van der Waals surface area contributed by atoms with Gasteiger partial charge in [-0.25, -0.2) is 9.78 Å². The maximum atomic E-state index is 10.8. The second-order valence-corrected chi connectivity index (χ2v) is 4.50. The Labute approximate surface area is 117 Å². The average molecular weight is 272 g/mol. The minimum Gasteiger partial charge on any atom is -0.487 e. The van der Waals surface area contributed by atoms with Crippen molar-refractivity contribution in [2.45, 2.75) is 6.61 Å². The predicted molar refractivity (Wildman–Crippen MR) is 76.3 cm³/mol. The molecule has 5 nitrogen and oxygen atoms in total. The lowest BCUT2D eigenvalue weighted by Gasteiger charge is -2.14. The fraction of sp³-hybridized carbons (Fsp3) is 0.200. The van der Waals surface area contributed by atoms with Crippen molar-refractivity contribution in [1.82, 2.24) is 4.98 Å². The molecule has 0 spiro atoms. The van der Waals surface area contributed by atoms with Gasteiger partial charge in [0.1, 0.15) is 18.1 Å². The third-order valence-corrected chi connectivity index (χ3v) is 2.75. The SMILES string of the molecule is CN(C)c1cccc(OCc2cccc(C(=O)O)n2)c1. The van der Waals surface area contributed by atoms with E-state index in [9.17, 15) is 4.79 Å². The van der Waals surface area contributed by atoms with E-state index in [0.29, 0.717) is 5.69 Å². The van der Waals surface area contributed by atoms with E-state index in [4.69, 9.17) is 9.84 Å². The summed E-state index contributed by atoms with van der Waals surface area (Å²) in [7, 11) is 3.91. The summed E-state index contributed by atoms with van der Waals surface area (Å²) in [4.78, 5) is 16.8. The number of carbonyl (C=O) groups is 1. The normalized spacial score (nSPS) is 10.1. The van der Waals surface area contributed by atoms with Gasteiger partial charge in [0, 0.05) is 25.8 Å². The van der Waals surface area contributed by atoms with Crippen LogP contribution in [0.1, 0.15) is 16.2 Å². The summed E-state index contributed by atoms with van der Waals surface area (Å²) in [6.45, 7) is 0.234. The molecular weight excluding hydrogens is 256 g/mol. The topological polar surface area (TPSA) is 62.7 Å². The Bertz CT molecular complexity index is 612. The van der Waals surface area contributed by atoms with E-state index in [2.05, 4.69) is 4.98 Å². The maximum absolute atomic E-state index is 10.8. The van der Waals surface area contributed by atoms with Gasteiger partial charge in [0.25, 0.3) is 0 Å². The van der Waals surface area contributed by atoms with E-state index in [1.807, 2.05) is 43.3 Å². The molecule has 0 saturated carbocycles. The first-order valence-corrected chi connectivity index (χ1v) is 6.15. The molecule has 0 radical (unpaired) electrons. The molecule has 0 unspecified atom stereocenters. The van der Waals surface area contributed by atoms with Gasteiger partial charge in [-0.3, -0.25) is 0 Å². The molecule has 5 heteroatoms. The summed E-state index contributed by atoms with van der Waals surface area (Å²) in [5, 5.41) is 8.88. The highest BCUT2D eigenvalue weighted by Crippen LogP contribution is 2.20. The number of rotatable bonds is 5. The van der Waals surface area contributed by atoms with Gasteiger partial charge in [0.05, 0.1) is 5.69 Å². The standard InChI is InChI=1S/C15H16N2O3/c1-17(2)12-6-4-7-13(9-12)20-10-11-5-3-8-14(16-11)15(18)19/h3-9H,10H2,1-2H3,(H,18,19). The van der Waals surface area contributed by atoms with Gasteiger partial charge in [0.2, 0.25) is 0 Å². The first-order chi connectivity index (χ1) is 9.56. The van der Waals surface area contributed by atoms with Gasteiger partial charge in [-0.05, 0) is 24.3 Å². The van der Waals surface area contributed by atoms with Crippen molar-refractivity contribution in [3.05, 3.63) is 53.9 Å². The van der Waals surface area contributed by atoms with Gasteiger partial charge in [-0.15, -0.1) is 0 Å². The van der Waals surface area contributed by atoms with Gasteiger partial charge in [0.15, 0.2) is 0 Å². The molecule has 0 aliphatic heterocycles. The zero-order valence-corrected chi connectivity index (χ0v) is 11.4. The van der Waals surface area contributed by atoms with Gasteiger partial charge in [-0.1, -0.05) is 12.1 Å². The molecule has 0 saturated heterocycles. The number of nitrogens with zero attached hydrogens (tertiary/aromatic N) is 2. The Morgan fingerprint density at radius 2 is 2.00 bits per heavy atom. The molecule has 1 heterocycles. The fourth-order valence-electron chi connectivity index (χ4n) is 1.69. The summed E-state index contributed by atoms with van der Waals surface area (Å²) < 4.78 is 5.64. The number of hydrogen-bond acceptors (Lipinski definition) is 4. The number of aromatic nitrogens is 1. The van der Waals surface area contributed by atoms with Gasteiger partial charge in [-0.2, -0.15) is 0 Å². The molecule has 0 bridgehead atoms. The number of aromatic carboxylic acids is 1. The fourth-order valence-corrected chi connectivity index (χ4v) is 1.69. The summed E-state index contributed by atoms with van der Waals surface area (Å²) in [6.07, 6.45) is 0. The molecule has 1 aromatic heterocycles. The van der Waals surface area contributed by atoms with E-state index < -0.39 is 5.97 Å². The molecule has 104 valence electrons. The first-order valence-electron chi connectivity index (χ1n) is 6.15. The van der Waals surface area contributed by atoms with Crippen LogP contribution in [-0.2, 0) is 6.61 Å². The van der Waals surface area contributed by atoms with E-state index in [-0.39, 0.29) is 12.3 Å². The van der Waals surface area contributed by atoms with Crippen LogP contribution in [0.15, 0.2) is 42.5 Å². The van der Waals surface area contributed by atoms with Gasteiger partial charge >= 0.3 is 5.97 Å². The van der Waals surface area contributed by atoms with Crippen LogP contribution in [-0.4, -0.2) is 30.2 Å². The Hall–Kier alpha value is -2.56. The van der Waals surface area contributed by atoms with E-state index in [1.54, 1.807) is 12.1 Å². The lowest BCUT2D eigenvalue weighted by Crippen LogP contribution is -2.08. The van der Waals surface area contributed by atoms with Crippen LogP contribution >= 0.6 is 0 Å². The van der Waals surface area contributed by atoms with Crippen LogP contribution in [0.3, 0.4) is 0 Å². The lowest BCUT2D eigenvalue weighted by molar-refractivity contribution is 0.0690. The van der Waals surface area contributed by atoms with Crippen molar-refractivity contribution in [1.29, 1.82) is 0 Å². The third-order valence-electron chi connectivity index (χ3n) is 2.75. The van der Waals surface area contributed by atoms with Crippen LogP contribution in [0.2, 0.25) is 0 Å². The second-order valence-electron chi connectivity index (χ2n) is 4.50. The molecule has 0 fully saturated rings. The van der Waals surface area contributed by atoms with Crippen molar-refractivity contribution < 1.29 is 14.6 Å². The minimum absolute atomic E-state index is 0.0214. The van der Waals surface area contributed by atoms with Crippen LogP contribution in [0.25, 0.3) is 0 Å². The maximum Gasteiger partial charge on any atom is 0.354 e.